The molecular formula is C17H18N2O6S. The van der Waals surface area contributed by atoms with Gasteiger partial charge in [0.1, 0.15) is 5.76 Å². The monoisotopic (exact) mass is 378 g/mol. The zero-order valence-corrected chi connectivity index (χ0v) is 14.6. The van der Waals surface area contributed by atoms with E-state index in [1.165, 1.54) is 30.5 Å². The van der Waals surface area contributed by atoms with Gasteiger partial charge in [0.15, 0.2) is 0 Å². The third-order valence-corrected chi connectivity index (χ3v) is 5.76. The third kappa shape index (κ3) is 3.94. The van der Waals surface area contributed by atoms with E-state index in [1.807, 2.05) is 0 Å². The van der Waals surface area contributed by atoms with Crippen molar-refractivity contribution in [3.8, 4) is 0 Å². The van der Waals surface area contributed by atoms with Crippen molar-refractivity contribution in [3.05, 3.63) is 54.0 Å². The van der Waals surface area contributed by atoms with Crippen LogP contribution in [0.2, 0.25) is 0 Å². The maximum absolute atomic E-state index is 12.2. The predicted molar refractivity (Wildman–Crippen MR) is 90.8 cm³/mol. The number of furan rings is 1. The van der Waals surface area contributed by atoms with Crippen LogP contribution >= 0.6 is 0 Å². The number of amides is 1. The Labute approximate surface area is 150 Å². The van der Waals surface area contributed by atoms with Gasteiger partial charge in [0, 0.05) is 12.1 Å². The molecule has 1 aliphatic rings. The number of carbonyl (C=O) groups excluding carboxylic acids is 1. The molecule has 1 aromatic carbocycles. The molecule has 0 radical (unpaired) electrons. The molecule has 3 N–H and O–H groups in total. The Morgan fingerprint density at radius 1 is 1.15 bits per heavy atom. The first kappa shape index (κ1) is 18.2. The molecule has 2 aromatic rings. The molecular weight excluding hydrogens is 360 g/mol. The molecule has 1 saturated carbocycles. The van der Waals surface area contributed by atoms with Crippen LogP contribution in [-0.2, 0) is 21.4 Å². The van der Waals surface area contributed by atoms with Gasteiger partial charge in [0.25, 0.3) is 5.91 Å². The number of aliphatic carboxylic acids is 1. The lowest BCUT2D eigenvalue weighted by Gasteiger charge is -2.11. The molecule has 1 aliphatic carbocycles. The van der Waals surface area contributed by atoms with Crippen LogP contribution in [0.15, 0.2) is 52.0 Å². The molecule has 1 fully saturated rings. The fourth-order valence-electron chi connectivity index (χ4n) is 2.42. The van der Waals surface area contributed by atoms with Crippen molar-refractivity contribution < 1.29 is 27.5 Å². The Hall–Kier alpha value is -2.65. The van der Waals surface area contributed by atoms with E-state index in [0.29, 0.717) is 18.6 Å². The number of hydrogen-bond acceptors (Lipinski definition) is 5. The predicted octanol–water partition coefficient (Wildman–Crippen LogP) is 1.35. The van der Waals surface area contributed by atoms with E-state index in [9.17, 15) is 18.0 Å². The van der Waals surface area contributed by atoms with E-state index in [-0.39, 0.29) is 23.5 Å². The molecule has 3 rings (SSSR count). The van der Waals surface area contributed by atoms with E-state index in [0.717, 1.165) is 0 Å². The summed E-state index contributed by atoms with van der Waals surface area (Å²) in [5, 5.41) is 11.7. The van der Waals surface area contributed by atoms with Gasteiger partial charge in [-0.05, 0) is 49.2 Å². The summed E-state index contributed by atoms with van der Waals surface area (Å²) in [6.07, 6.45) is 2.54. The number of carboxylic acid groups (broad SMARTS) is 1. The second kappa shape index (κ2) is 6.93. The number of nitrogens with one attached hydrogen (secondary N) is 2. The van der Waals surface area contributed by atoms with Crippen molar-refractivity contribution in [3.63, 3.8) is 0 Å². The number of hydrogen-bond donors (Lipinski definition) is 3. The van der Waals surface area contributed by atoms with Gasteiger partial charge >= 0.3 is 5.97 Å². The van der Waals surface area contributed by atoms with Crippen LogP contribution in [0.1, 0.15) is 29.0 Å². The largest absolute Gasteiger partial charge is 0.481 e. The highest BCUT2D eigenvalue weighted by Crippen LogP contribution is 2.45. The molecule has 9 heteroatoms. The molecule has 26 heavy (non-hydrogen) atoms. The van der Waals surface area contributed by atoms with Crippen LogP contribution in [0.25, 0.3) is 0 Å². The summed E-state index contributed by atoms with van der Waals surface area (Å²) in [6.45, 7) is 0.0841. The first-order valence-corrected chi connectivity index (χ1v) is 9.44. The van der Waals surface area contributed by atoms with E-state index in [1.54, 1.807) is 12.1 Å². The highest BCUT2D eigenvalue weighted by molar-refractivity contribution is 7.89. The molecule has 1 aromatic heterocycles. The maximum atomic E-state index is 12.2. The minimum Gasteiger partial charge on any atom is -0.481 e. The van der Waals surface area contributed by atoms with Gasteiger partial charge in [-0.3, -0.25) is 9.59 Å². The van der Waals surface area contributed by atoms with Crippen LogP contribution in [0.5, 0.6) is 0 Å². The number of carboxylic acids is 1. The molecule has 0 saturated heterocycles. The van der Waals surface area contributed by atoms with Crippen molar-refractivity contribution >= 4 is 21.9 Å². The number of carbonyl (C=O) groups is 2. The first-order chi connectivity index (χ1) is 12.3. The van der Waals surface area contributed by atoms with Gasteiger partial charge in [0.05, 0.1) is 23.1 Å². The van der Waals surface area contributed by atoms with Crippen molar-refractivity contribution in [2.45, 2.75) is 24.3 Å². The molecule has 0 bridgehead atoms. The van der Waals surface area contributed by atoms with Crippen molar-refractivity contribution in [1.82, 2.24) is 10.0 Å². The summed E-state index contributed by atoms with van der Waals surface area (Å²) in [7, 11) is -3.74. The number of benzene rings is 1. The lowest BCUT2D eigenvalue weighted by molar-refractivity contribution is -0.143. The van der Waals surface area contributed by atoms with E-state index >= 15 is 0 Å². The van der Waals surface area contributed by atoms with Gasteiger partial charge in [-0.15, -0.1) is 0 Å². The maximum Gasteiger partial charge on any atom is 0.311 e. The molecule has 0 unspecified atom stereocenters. The molecule has 138 valence electrons. The summed E-state index contributed by atoms with van der Waals surface area (Å²) in [5.41, 5.74) is -0.592. The normalized spacial score (nSPS) is 15.4. The van der Waals surface area contributed by atoms with Crippen LogP contribution in [0.3, 0.4) is 0 Å². The summed E-state index contributed by atoms with van der Waals surface area (Å²) in [5.74, 6) is -0.871. The van der Waals surface area contributed by atoms with E-state index in [4.69, 9.17) is 9.52 Å². The minimum absolute atomic E-state index is 0.0183. The van der Waals surface area contributed by atoms with Crippen molar-refractivity contribution in [1.29, 1.82) is 0 Å². The molecule has 0 atom stereocenters. The second-order valence-corrected chi connectivity index (χ2v) is 7.96. The zero-order chi connectivity index (χ0) is 18.8. The number of sulfonamides is 1. The minimum atomic E-state index is -3.74. The average molecular weight is 378 g/mol. The SMILES string of the molecule is O=C(NCC1(C(=O)O)CC1)c1ccc(S(=O)(=O)NCc2ccco2)cc1. The average Bonchev–Trinajstić information content (AvgIpc) is 3.25. The van der Waals surface area contributed by atoms with Gasteiger partial charge in [-0.2, -0.15) is 0 Å². The van der Waals surface area contributed by atoms with Crippen molar-refractivity contribution in [2.24, 2.45) is 5.41 Å². The number of rotatable bonds is 8. The smallest absolute Gasteiger partial charge is 0.311 e. The lowest BCUT2D eigenvalue weighted by atomic mass is 10.1. The Kier molecular flexibility index (Phi) is 4.84. The van der Waals surface area contributed by atoms with Crippen LogP contribution < -0.4 is 10.0 Å². The quantitative estimate of drug-likeness (QED) is 0.637. The molecule has 8 nitrogen and oxygen atoms in total. The summed E-state index contributed by atoms with van der Waals surface area (Å²) in [4.78, 5) is 23.2. The molecule has 0 spiro atoms. The Morgan fingerprint density at radius 2 is 1.85 bits per heavy atom. The second-order valence-electron chi connectivity index (χ2n) is 6.20. The van der Waals surface area contributed by atoms with Gasteiger partial charge in [0.2, 0.25) is 10.0 Å². The summed E-state index contributed by atoms with van der Waals surface area (Å²) in [6, 6.07) is 8.73. The summed E-state index contributed by atoms with van der Waals surface area (Å²) < 4.78 is 31.9. The first-order valence-electron chi connectivity index (χ1n) is 7.96. The topological polar surface area (TPSA) is 126 Å². The Bertz CT molecular complexity index is 899. The van der Waals surface area contributed by atoms with E-state index in [2.05, 4.69) is 10.0 Å². The van der Waals surface area contributed by atoms with Gasteiger partial charge in [-0.1, -0.05) is 0 Å². The fourth-order valence-corrected chi connectivity index (χ4v) is 3.41. The third-order valence-electron chi connectivity index (χ3n) is 4.34. The lowest BCUT2D eigenvalue weighted by Crippen LogP contribution is -2.34. The molecule has 1 heterocycles. The van der Waals surface area contributed by atoms with Crippen LogP contribution in [0.4, 0.5) is 0 Å². The van der Waals surface area contributed by atoms with E-state index < -0.39 is 27.3 Å². The summed E-state index contributed by atoms with van der Waals surface area (Å²) >= 11 is 0. The van der Waals surface area contributed by atoms with Crippen LogP contribution in [0, 0.1) is 5.41 Å². The highest BCUT2D eigenvalue weighted by atomic mass is 32.2. The zero-order valence-electron chi connectivity index (χ0n) is 13.8. The fraction of sp³-hybridized carbons (Fsp3) is 0.294. The Balaban J connectivity index is 1.60. The molecule has 1 amide bonds. The molecule has 0 aliphatic heterocycles. The standard InChI is InChI=1S/C17H18N2O6S/c20-15(18-11-17(7-8-17)16(21)22)12-3-5-14(6-4-12)26(23,24)19-10-13-2-1-9-25-13/h1-6,9,19H,7-8,10-11H2,(H,18,20)(H,21,22). The van der Waals surface area contributed by atoms with Gasteiger partial charge in [-0.25, -0.2) is 13.1 Å². The van der Waals surface area contributed by atoms with Crippen LogP contribution in [-0.4, -0.2) is 31.9 Å². The van der Waals surface area contributed by atoms with Crippen molar-refractivity contribution in [2.75, 3.05) is 6.54 Å². The highest BCUT2D eigenvalue weighted by Gasteiger charge is 2.50. The Morgan fingerprint density at radius 3 is 2.38 bits per heavy atom. The van der Waals surface area contributed by atoms with Gasteiger partial charge < -0.3 is 14.8 Å².